The van der Waals surface area contributed by atoms with E-state index in [1.165, 1.54) is 6.42 Å². The molecule has 0 spiro atoms. The molecule has 0 radical (unpaired) electrons. The highest BCUT2D eigenvalue weighted by atomic mass is 35.5. The van der Waals surface area contributed by atoms with Crippen LogP contribution in [0.4, 0.5) is 5.82 Å². The van der Waals surface area contributed by atoms with Crippen LogP contribution in [0.3, 0.4) is 0 Å². The molecule has 1 aromatic heterocycles. The Morgan fingerprint density at radius 2 is 1.93 bits per heavy atom. The molecule has 1 aliphatic rings. The number of H-pyrrole nitrogens is 1. The topological polar surface area (TPSA) is 82.2 Å². The van der Waals surface area contributed by atoms with Crippen molar-refractivity contribution in [3.63, 3.8) is 0 Å². The lowest BCUT2D eigenvalue weighted by Crippen LogP contribution is -2.53. The van der Waals surface area contributed by atoms with Crippen molar-refractivity contribution in [2.24, 2.45) is 4.99 Å². The number of carbonyl (C=O) groups is 1. The Bertz CT molecular complexity index is 844. The number of aromatic nitrogens is 2. The summed E-state index contributed by atoms with van der Waals surface area (Å²) in [6.07, 6.45) is 3.24. The minimum atomic E-state index is -0.337. The summed E-state index contributed by atoms with van der Waals surface area (Å²) >= 11 is 5.90. The van der Waals surface area contributed by atoms with E-state index in [4.69, 9.17) is 11.6 Å². The zero-order valence-corrected chi connectivity index (χ0v) is 16.9. The van der Waals surface area contributed by atoms with Gasteiger partial charge in [0.15, 0.2) is 5.82 Å². The maximum Gasteiger partial charge on any atom is 0.280 e. The first-order valence-corrected chi connectivity index (χ1v) is 9.52. The van der Waals surface area contributed by atoms with Crippen LogP contribution in [0, 0.1) is 0 Å². The van der Waals surface area contributed by atoms with Crippen LogP contribution in [0.1, 0.15) is 63.0 Å². The van der Waals surface area contributed by atoms with E-state index in [2.05, 4.69) is 53.5 Å². The third-order valence-electron chi connectivity index (χ3n) is 4.81. The molecular weight excluding hydrogens is 362 g/mol. The van der Waals surface area contributed by atoms with Crippen molar-refractivity contribution in [2.45, 2.75) is 57.9 Å². The molecule has 0 aliphatic heterocycles. The molecule has 0 atom stereocenters. The van der Waals surface area contributed by atoms with E-state index in [-0.39, 0.29) is 16.9 Å². The first-order valence-electron chi connectivity index (χ1n) is 9.14. The average molecular weight is 388 g/mol. The van der Waals surface area contributed by atoms with Crippen LogP contribution in [0.2, 0.25) is 5.02 Å². The molecule has 1 saturated carbocycles. The van der Waals surface area contributed by atoms with Gasteiger partial charge in [0.25, 0.3) is 5.91 Å². The van der Waals surface area contributed by atoms with Gasteiger partial charge in [0.1, 0.15) is 0 Å². The maximum atomic E-state index is 12.6. The fraction of sp³-hybridized carbons (Fsp3) is 0.450. The lowest BCUT2D eigenvalue weighted by Gasteiger charge is -2.40. The van der Waals surface area contributed by atoms with Gasteiger partial charge in [-0.25, -0.2) is 0 Å². The third-order valence-corrected chi connectivity index (χ3v) is 5.07. The summed E-state index contributed by atoms with van der Waals surface area (Å²) in [7, 11) is 0. The number of hydrogen-bond donors (Lipinski definition) is 3. The molecule has 1 aliphatic carbocycles. The van der Waals surface area contributed by atoms with E-state index in [1.807, 2.05) is 6.07 Å². The number of hydrogen-bond acceptors (Lipinski definition) is 2. The van der Waals surface area contributed by atoms with Crippen molar-refractivity contribution in [1.29, 1.82) is 0 Å². The van der Waals surface area contributed by atoms with Gasteiger partial charge < -0.3 is 10.6 Å². The number of benzene rings is 1. The lowest BCUT2D eigenvalue weighted by atomic mass is 9.79. The van der Waals surface area contributed by atoms with Crippen molar-refractivity contribution < 1.29 is 4.79 Å². The Balaban J connectivity index is 1.83. The van der Waals surface area contributed by atoms with Crippen LogP contribution in [0.25, 0.3) is 0 Å². The van der Waals surface area contributed by atoms with Gasteiger partial charge in [-0.3, -0.25) is 9.89 Å². The van der Waals surface area contributed by atoms with Crippen molar-refractivity contribution in [1.82, 2.24) is 15.5 Å². The van der Waals surface area contributed by atoms with Crippen LogP contribution in [-0.2, 0) is 5.41 Å². The smallest absolute Gasteiger partial charge is 0.280 e. The molecular formula is C20H26ClN5O. The van der Waals surface area contributed by atoms with Gasteiger partial charge in [0, 0.05) is 33.3 Å². The highest BCUT2D eigenvalue weighted by Crippen LogP contribution is 2.31. The number of aliphatic imine (C=N–C) groups is 1. The number of halogens is 1. The van der Waals surface area contributed by atoms with Crippen LogP contribution in [0.5, 0.6) is 0 Å². The molecule has 7 heteroatoms. The summed E-state index contributed by atoms with van der Waals surface area (Å²) in [4.78, 5) is 16.8. The normalized spacial score (nSPS) is 16.6. The minimum absolute atomic E-state index is 0.0449. The number of nitrogens with zero attached hydrogens (tertiary/aromatic N) is 2. The van der Waals surface area contributed by atoms with Crippen LogP contribution in [0.15, 0.2) is 35.3 Å². The molecule has 6 nitrogen and oxygen atoms in total. The van der Waals surface area contributed by atoms with E-state index in [0.717, 1.165) is 18.5 Å². The molecule has 1 aromatic carbocycles. The van der Waals surface area contributed by atoms with Gasteiger partial charge in [-0.15, -0.1) is 0 Å². The van der Waals surface area contributed by atoms with Crippen molar-refractivity contribution in [3.8, 4) is 0 Å². The Morgan fingerprint density at radius 3 is 2.44 bits per heavy atom. The van der Waals surface area contributed by atoms with E-state index in [1.54, 1.807) is 24.3 Å². The predicted octanol–water partition coefficient (Wildman–Crippen LogP) is 4.50. The summed E-state index contributed by atoms with van der Waals surface area (Å²) in [5.41, 5.74) is 1.38. The molecule has 144 valence electrons. The van der Waals surface area contributed by atoms with Gasteiger partial charge in [0.2, 0.25) is 5.96 Å². The molecule has 0 saturated heterocycles. The fourth-order valence-corrected chi connectivity index (χ4v) is 2.98. The number of aromatic amines is 1. The van der Waals surface area contributed by atoms with Crippen molar-refractivity contribution >= 4 is 29.3 Å². The summed E-state index contributed by atoms with van der Waals surface area (Å²) < 4.78 is 0. The molecule has 1 amide bonds. The summed E-state index contributed by atoms with van der Waals surface area (Å²) in [6.45, 7) is 8.45. The minimum Gasteiger partial charge on any atom is -0.351 e. The molecule has 2 aromatic rings. The first-order chi connectivity index (χ1) is 12.6. The number of guanidine groups is 1. The van der Waals surface area contributed by atoms with Gasteiger partial charge >= 0.3 is 0 Å². The van der Waals surface area contributed by atoms with Crippen LogP contribution in [-0.4, -0.2) is 27.6 Å². The molecule has 3 rings (SSSR count). The largest absolute Gasteiger partial charge is 0.351 e. The Morgan fingerprint density at radius 1 is 1.26 bits per heavy atom. The quantitative estimate of drug-likeness (QED) is 0.534. The van der Waals surface area contributed by atoms with Crippen LogP contribution >= 0.6 is 11.6 Å². The highest BCUT2D eigenvalue weighted by Gasteiger charge is 2.33. The zero-order valence-electron chi connectivity index (χ0n) is 16.2. The molecule has 0 bridgehead atoms. The maximum absolute atomic E-state index is 12.6. The van der Waals surface area contributed by atoms with E-state index >= 15 is 0 Å². The molecule has 0 unspecified atom stereocenters. The summed E-state index contributed by atoms with van der Waals surface area (Å²) in [6, 6.07) is 8.64. The van der Waals surface area contributed by atoms with E-state index in [9.17, 15) is 4.79 Å². The molecule has 1 heterocycles. The SMILES string of the molecule is CC1(N/C(=N/C(=O)c2ccc(Cl)cc2)Nc2cc(C(C)(C)C)[nH]n2)CCC1. The zero-order chi connectivity index (χ0) is 19.7. The Labute approximate surface area is 164 Å². The van der Waals surface area contributed by atoms with Gasteiger partial charge in [-0.05, 0) is 50.5 Å². The molecule has 3 N–H and O–H groups in total. The number of rotatable bonds is 3. The second-order valence-electron chi connectivity index (χ2n) is 8.35. The number of amides is 1. The standard InChI is InChI=1S/C20H26ClN5O/c1-19(2,3)15-12-16(26-25-15)22-18(24-20(4)10-5-11-20)23-17(27)13-6-8-14(21)9-7-13/h6-9,12H,5,10-11H2,1-4H3,(H3,22,23,24,25,26,27). The van der Waals surface area contributed by atoms with E-state index in [0.29, 0.717) is 22.4 Å². The van der Waals surface area contributed by atoms with E-state index < -0.39 is 0 Å². The lowest BCUT2D eigenvalue weighted by molar-refractivity contribution is 0.100. The Kier molecular flexibility index (Phi) is 5.29. The molecule has 27 heavy (non-hydrogen) atoms. The molecule has 1 fully saturated rings. The number of anilines is 1. The van der Waals surface area contributed by atoms with Crippen LogP contribution < -0.4 is 10.6 Å². The predicted molar refractivity (Wildman–Crippen MR) is 110 cm³/mol. The second-order valence-corrected chi connectivity index (χ2v) is 8.79. The second kappa shape index (κ2) is 7.35. The summed E-state index contributed by atoms with van der Waals surface area (Å²) in [5, 5.41) is 14.5. The summed E-state index contributed by atoms with van der Waals surface area (Å²) in [5.74, 6) is 0.693. The Hall–Kier alpha value is -2.34. The van der Waals surface area contributed by atoms with Crippen molar-refractivity contribution in [2.75, 3.05) is 5.32 Å². The average Bonchev–Trinajstić information content (AvgIpc) is 3.02. The monoisotopic (exact) mass is 387 g/mol. The van der Waals surface area contributed by atoms with Gasteiger partial charge in [-0.2, -0.15) is 10.1 Å². The van der Waals surface area contributed by atoms with Gasteiger partial charge in [-0.1, -0.05) is 32.4 Å². The highest BCUT2D eigenvalue weighted by molar-refractivity contribution is 6.30. The number of nitrogens with one attached hydrogen (secondary N) is 3. The van der Waals surface area contributed by atoms with Gasteiger partial charge in [0.05, 0.1) is 0 Å². The first kappa shape index (κ1) is 19.4. The fourth-order valence-electron chi connectivity index (χ4n) is 2.85. The number of carbonyl (C=O) groups excluding carboxylic acids is 1. The van der Waals surface area contributed by atoms with Crippen molar-refractivity contribution in [3.05, 3.63) is 46.6 Å². The third kappa shape index (κ3) is 4.89.